The standard InChI is InChI=1S/C16H19ClFNO/c1-15(2)3-5-16(10-19,6-4-15)14(20)11-7-12(17)9-13(18)8-11/h7-9,14,20H,3-6H2,1-2H3. The van der Waals surface area contributed by atoms with Crippen LogP contribution in [0, 0.1) is 28.0 Å². The van der Waals surface area contributed by atoms with E-state index in [9.17, 15) is 14.8 Å². The second-order valence-electron chi connectivity index (χ2n) is 6.54. The van der Waals surface area contributed by atoms with Gasteiger partial charge in [0.25, 0.3) is 0 Å². The maximum absolute atomic E-state index is 13.4. The molecule has 20 heavy (non-hydrogen) atoms. The van der Waals surface area contributed by atoms with Gasteiger partial charge in [-0.2, -0.15) is 5.26 Å². The molecule has 1 aliphatic rings. The number of benzene rings is 1. The van der Waals surface area contributed by atoms with Crippen molar-refractivity contribution in [3.05, 3.63) is 34.6 Å². The fourth-order valence-corrected chi connectivity index (χ4v) is 3.10. The normalized spacial score (nSPS) is 22.0. The van der Waals surface area contributed by atoms with Crippen molar-refractivity contribution in [3.8, 4) is 6.07 Å². The number of halogens is 2. The molecular weight excluding hydrogens is 277 g/mol. The van der Waals surface area contributed by atoms with Gasteiger partial charge in [-0.05, 0) is 54.9 Å². The topological polar surface area (TPSA) is 44.0 Å². The molecule has 1 aliphatic carbocycles. The van der Waals surface area contributed by atoms with E-state index in [0.717, 1.165) is 12.8 Å². The Bertz CT molecular complexity index is 520. The van der Waals surface area contributed by atoms with Gasteiger partial charge in [-0.3, -0.25) is 0 Å². The van der Waals surface area contributed by atoms with Gasteiger partial charge in [0.1, 0.15) is 5.82 Å². The van der Waals surface area contributed by atoms with E-state index in [-0.39, 0.29) is 10.4 Å². The van der Waals surface area contributed by atoms with E-state index >= 15 is 0 Å². The minimum Gasteiger partial charge on any atom is -0.387 e. The highest BCUT2D eigenvalue weighted by atomic mass is 35.5. The molecule has 0 aromatic heterocycles. The lowest BCUT2D eigenvalue weighted by Crippen LogP contribution is -2.35. The van der Waals surface area contributed by atoms with Gasteiger partial charge < -0.3 is 5.11 Å². The second-order valence-corrected chi connectivity index (χ2v) is 6.97. The third kappa shape index (κ3) is 2.97. The number of rotatable bonds is 2. The summed E-state index contributed by atoms with van der Waals surface area (Å²) in [4.78, 5) is 0. The first-order chi connectivity index (χ1) is 9.28. The van der Waals surface area contributed by atoms with E-state index in [2.05, 4.69) is 19.9 Å². The van der Waals surface area contributed by atoms with E-state index in [1.807, 2.05) is 0 Å². The first-order valence-electron chi connectivity index (χ1n) is 6.83. The Morgan fingerprint density at radius 3 is 2.35 bits per heavy atom. The summed E-state index contributed by atoms with van der Waals surface area (Å²) in [6.45, 7) is 4.33. The molecule has 0 saturated heterocycles. The van der Waals surface area contributed by atoms with E-state index in [1.54, 1.807) is 0 Å². The minimum absolute atomic E-state index is 0.194. The van der Waals surface area contributed by atoms with Crippen molar-refractivity contribution >= 4 is 11.6 Å². The van der Waals surface area contributed by atoms with Crippen LogP contribution in [0.2, 0.25) is 5.02 Å². The number of aliphatic hydroxyl groups is 1. The molecule has 0 spiro atoms. The number of hydrogen-bond acceptors (Lipinski definition) is 2. The molecule has 0 amide bonds. The lowest BCUT2D eigenvalue weighted by molar-refractivity contribution is 0.00939. The highest BCUT2D eigenvalue weighted by Gasteiger charge is 2.44. The third-order valence-corrected chi connectivity index (χ3v) is 4.66. The SMILES string of the molecule is CC1(C)CCC(C#N)(C(O)c2cc(F)cc(Cl)c2)CC1. The molecule has 1 aromatic carbocycles. The molecule has 1 unspecified atom stereocenters. The van der Waals surface area contributed by atoms with E-state index in [4.69, 9.17) is 11.6 Å². The highest BCUT2D eigenvalue weighted by Crippen LogP contribution is 2.51. The maximum Gasteiger partial charge on any atom is 0.125 e. The summed E-state index contributed by atoms with van der Waals surface area (Å²) in [7, 11) is 0. The van der Waals surface area contributed by atoms with Crippen molar-refractivity contribution in [2.75, 3.05) is 0 Å². The first kappa shape index (κ1) is 15.3. The molecule has 1 N–H and O–H groups in total. The van der Waals surface area contributed by atoms with E-state index in [1.165, 1.54) is 18.2 Å². The van der Waals surface area contributed by atoms with Crippen molar-refractivity contribution < 1.29 is 9.50 Å². The van der Waals surface area contributed by atoms with Gasteiger partial charge in [-0.1, -0.05) is 25.4 Å². The van der Waals surface area contributed by atoms with Crippen LogP contribution in [-0.4, -0.2) is 5.11 Å². The van der Waals surface area contributed by atoms with Crippen molar-refractivity contribution in [2.24, 2.45) is 10.8 Å². The van der Waals surface area contributed by atoms with Gasteiger partial charge in [-0.25, -0.2) is 4.39 Å². The molecule has 2 nitrogen and oxygen atoms in total. The van der Waals surface area contributed by atoms with Crippen molar-refractivity contribution in [3.63, 3.8) is 0 Å². The average molecular weight is 296 g/mol. The molecular formula is C16H19ClFNO. The molecule has 0 bridgehead atoms. The zero-order valence-electron chi connectivity index (χ0n) is 11.8. The summed E-state index contributed by atoms with van der Waals surface area (Å²) in [5.74, 6) is -0.490. The molecule has 1 fully saturated rings. The van der Waals surface area contributed by atoms with E-state index < -0.39 is 17.3 Å². The largest absolute Gasteiger partial charge is 0.387 e. The molecule has 108 valence electrons. The third-order valence-electron chi connectivity index (χ3n) is 4.44. The van der Waals surface area contributed by atoms with Gasteiger partial charge >= 0.3 is 0 Å². The number of nitriles is 1. The van der Waals surface area contributed by atoms with Crippen molar-refractivity contribution in [1.82, 2.24) is 0 Å². The summed E-state index contributed by atoms with van der Waals surface area (Å²) >= 11 is 5.83. The molecule has 0 radical (unpaired) electrons. The Morgan fingerprint density at radius 2 is 1.85 bits per heavy atom. The Balaban J connectivity index is 2.30. The predicted molar refractivity (Wildman–Crippen MR) is 76.7 cm³/mol. The van der Waals surface area contributed by atoms with Crippen molar-refractivity contribution in [1.29, 1.82) is 5.26 Å². The van der Waals surface area contributed by atoms with Crippen LogP contribution >= 0.6 is 11.6 Å². The Labute approximate surface area is 124 Å². The zero-order valence-corrected chi connectivity index (χ0v) is 12.5. The van der Waals surface area contributed by atoms with E-state index in [0.29, 0.717) is 18.4 Å². The van der Waals surface area contributed by atoms with Crippen LogP contribution < -0.4 is 0 Å². The van der Waals surface area contributed by atoms with Gasteiger partial charge in [0, 0.05) is 5.02 Å². The van der Waals surface area contributed by atoms with Crippen LogP contribution in [-0.2, 0) is 0 Å². The summed E-state index contributed by atoms with van der Waals surface area (Å²) in [6.07, 6.45) is 1.98. The monoisotopic (exact) mass is 295 g/mol. The van der Waals surface area contributed by atoms with Crippen LogP contribution in [0.1, 0.15) is 51.2 Å². The fraction of sp³-hybridized carbons (Fsp3) is 0.562. The number of hydrogen-bond donors (Lipinski definition) is 1. The molecule has 1 saturated carbocycles. The number of aliphatic hydroxyl groups excluding tert-OH is 1. The molecule has 2 rings (SSSR count). The number of nitrogens with zero attached hydrogens (tertiary/aromatic N) is 1. The average Bonchev–Trinajstić information content (AvgIpc) is 2.37. The summed E-state index contributed by atoms with van der Waals surface area (Å²) in [6, 6.07) is 6.27. The summed E-state index contributed by atoms with van der Waals surface area (Å²) in [5.41, 5.74) is -0.261. The predicted octanol–water partition coefficient (Wildman–Crippen LogP) is 4.62. The second kappa shape index (κ2) is 5.35. The smallest absolute Gasteiger partial charge is 0.125 e. The summed E-state index contributed by atoms with van der Waals surface area (Å²) < 4.78 is 13.4. The fourth-order valence-electron chi connectivity index (χ4n) is 2.87. The molecule has 4 heteroatoms. The Kier molecular flexibility index (Phi) is 4.09. The molecule has 1 atom stereocenters. The van der Waals surface area contributed by atoms with Gasteiger partial charge in [0.2, 0.25) is 0 Å². The Morgan fingerprint density at radius 1 is 1.25 bits per heavy atom. The molecule has 0 aliphatic heterocycles. The Hall–Kier alpha value is -1.11. The summed E-state index contributed by atoms with van der Waals surface area (Å²) in [5, 5.41) is 20.4. The van der Waals surface area contributed by atoms with Crippen LogP contribution in [0.5, 0.6) is 0 Å². The lowest BCUT2D eigenvalue weighted by atomic mass is 9.62. The van der Waals surface area contributed by atoms with Crippen LogP contribution in [0.15, 0.2) is 18.2 Å². The van der Waals surface area contributed by atoms with Crippen LogP contribution in [0.25, 0.3) is 0 Å². The highest BCUT2D eigenvalue weighted by molar-refractivity contribution is 6.30. The lowest BCUT2D eigenvalue weighted by Gasteiger charge is -2.42. The maximum atomic E-state index is 13.4. The minimum atomic E-state index is -1.00. The molecule has 1 aromatic rings. The van der Waals surface area contributed by atoms with Gasteiger partial charge in [0.05, 0.1) is 17.6 Å². The van der Waals surface area contributed by atoms with Gasteiger partial charge in [-0.15, -0.1) is 0 Å². The molecule has 0 heterocycles. The van der Waals surface area contributed by atoms with Crippen molar-refractivity contribution in [2.45, 2.75) is 45.6 Å². The van der Waals surface area contributed by atoms with Crippen LogP contribution in [0.3, 0.4) is 0 Å². The van der Waals surface area contributed by atoms with Gasteiger partial charge in [0.15, 0.2) is 0 Å². The first-order valence-corrected chi connectivity index (χ1v) is 7.21. The van der Waals surface area contributed by atoms with Crippen LogP contribution in [0.4, 0.5) is 4.39 Å². The zero-order chi connectivity index (χ0) is 15.0. The quantitative estimate of drug-likeness (QED) is 0.865.